The van der Waals surface area contributed by atoms with Crippen molar-refractivity contribution in [2.75, 3.05) is 11.9 Å². The number of aliphatic hydroxyl groups is 1. The minimum absolute atomic E-state index is 0.0761. The lowest BCUT2D eigenvalue weighted by molar-refractivity contribution is 0.00907. The van der Waals surface area contributed by atoms with Crippen molar-refractivity contribution in [3.8, 4) is 17.6 Å². The van der Waals surface area contributed by atoms with Crippen LogP contribution in [0.15, 0.2) is 78.9 Å². The quantitative estimate of drug-likeness (QED) is 0.500. The van der Waals surface area contributed by atoms with Crippen LogP contribution in [-0.4, -0.2) is 29.0 Å². The second-order valence-electron chi connectivity index (χ2n) is 6.71. The summed E-state index contributed by atoms with van der Waals surface area (Å²) in [6.45, 7) is -0.174. The molecule has 3 N–H and O–H groups in total. The molecule has 3 rings (SSSR count). The second kappa shape index (κ2) is 10.7. The van der Waals surface area contributed by atoms with Crippen LogP contribution < -0.4 is 10.1 Å². The fourth-order valence-corrected chi connectivity index (χ4v) is 2.99. The molecule has 7 heteroatoms. The molecule has 0 bridgehead atoms. The van der Waals surface area contributed by atoms with Crippen LogP contribution in [0.1, 0.15) is 23.7 Å². The first-order valence-corrected chi connectivity index (χ1v) is 9.68. The van der Waals surface area contributed by atoms with E-state index in [0.29, 0.717) is 22.6 Å². The summed E-state index contributed by atoms with van der Waals surface area (Å²) in [7, 11) is 0. The number of rotatable bonds is 8. The highest BCUT2D eigenvalue weighted by Gasteiger charge is 2.29. The van der Waals surface area contributed by atoms with Crippen LogP contribution in [0.3, 0.4) is 0 Å². The Bertz CT molecular complexity index is 1010. The molecule has 0 aromatic heterocycles. The summed E-state index contributed by atoms with van der Waals surface area (Å²) in [6, 6.07) is 23.7. The van der Waals surface area contributed by atoms with E-state index in [-0.39, 0.29) is 18.8 Å². The Morgan fingerprint density at radius 2 is 1.68 bits per heavy atom. The zero-order chi connectivity index (χ0) is 22.1. The lowest BCUT2D eigenvalue weighted by atomic mass is 10.0. The molecule has 0 saturated heterocycles. The van der Waals surface area contributed by atoms with Gasteiger partial charge in [0.05, 0.1) is 11.6 Å². The summed E-state index contributed by atoms with van der Waals surface area (Å²) < 4.78 is 11.7. The van der Waals surface area contributed by atoms with Crippen LogP contribution >= 0.6 is 0 Å². The number of aliphatic hydroxyl groups excluding tert-OH is 1. The number of phenols is 1. The Morgan fingerprint density at radius 1 is 1.00 bits per heavy atom. The molecular formula is C24H22N2O5. The summed E-state index contributed by atoms with van der Waals surface area (Å²) in [5.74, 6) is 0.646. The van der Waals surface area contributed by atoms with Crippen molar-refractivity contribution in [2.24, 2.45) is 0 Å². The number of anilines is 1. The molecule has 1 amide bonds. The average Bonchev–Trinajstić information content (AvgIpc) is 2.79. The normalized spacial score (nSPS) is 12.3. The van der Waals surface area contributed by atoms with Gasteiger partial charge in [0.2, 0.25) is 0 Å². The molecule has 0 fully saturated rings. The fourth-order valence-electron chi connectivity index (χ4n) is 2.99. The Balaban J connectivity index is 1.82. The maximum atomic E-state index is 12.6. The van der Waals surface area contributed by atoms with Gasteiger partial charge in [0, 0.05) is 18.7 Å². The summed E-state index contributed by atoms with van der Waals surface area (Å²) in [6.07, 6.45) is -2.04. The van der Waals surface area contributed by atoms with Crippen molar-refractivity contribution in [1.82, 2.24) is 0 Å². The van der Waals surface area contributed by atoms with Crippen LogP contribution in [-0.2, 0) is 4.74 Å². The first-order chi connectivity index (χ1) is 15.1. The number of nitrogens with zero attached hydrogens (tertiary/aromatic N) is 1. The topological polar surface area (TPSA) is 112 Å². The highest BCUT2D eigenvalue weighted by atomic mass is 16.6. The van der Waals surface area contributed by atoms with E-state index < -0.39 is 18.3 Å². The molecule has 0 spiro atoms. The number of phenolic OH excluding ortho intramolecular Hbond substituents is 1. The molecule has 0 aliphatic rings. The van der Waals surface area contributed by atoms with E-state index in [1.165, 1.54) is 12.1 Å². The number of hydrogen-bond donors (Lipinski definition) is 3. The number of ether oxygens (including phenoxy) is 2. The van der Waals surface area contributed by atoms with E-state index in [2.05, 4.69) is 5.32 Å². The average molecular weight is 418 g/mol. The Labute approximate surface area is 180 Å². The van der Waals surface area contributed by atoms with Crippen LogP contribution in [0.25, 0.3) is 0 Å². The van der Waals surface area contributed by atoms with Crippen molar-refractivity contribution in [3.63, 3.8) is 0 Å². The zero-order valence-electron chi connectivity index (χ0n) is 16.6. The van der Waals surface area contributed by atoms with Gasteiger partial charge in [-0.25, -0.2) is 4.79 Å². The maximum absolute atomic E-state index is 12.6. The van der Waals surface area contributed by atoms with Crippen molar-refractivity contribution in [3.05, 3.63) is 90.0 Å². The molecule has 3 aromatic rings. The number of nitrogens with one attached hydrogen (secondary N) is 1. The summed E-state index contributed by atoms with van der Waals surface area (Å²) in [5.41, 5.74) is 1.54. The molecule has 0 unspecified atom stereocenters. The summed E-state index contributed by atoms with van der Waals surface area (Å²) in [5, 5.41) is 30.7. The largest absolute Gasteiger partial charge is 0.508 e. The smallest absolute Gasteiger partial charge is 0.412 e. The lowest BCUT2D eigenvalue weighted by Gasteiger charge is -2.28. The zero-order valence-corrected chi connectivity index (χ0v) is 16.6. The number of nitriles is 1. The van der Waals surface area contributed by atoms with Crippen LogP contribution in [0.2, 0.25) is 0 Å². The Kier molecular flexibility index (Phi) is 7.46. The third kappa shape index (κ3) is 6.23. The molecule has 0 heterocycles. The fraction of sp³-hybridized carbons (Fsp3) is 0.167. The summed E-state index contributed by atoms with van der Waals surface area (Å²) in [4.78, 5) is 12.6. The molecule has 0 radical (unpaired) electrons. The Morgan fingerprint density at radius 3 is 2.29 bits per heavy atom. The predicted molar refractivity (Wildman–Crippen MR) is 115 cm³/mol. The van der Waals surface area contributed by atoms with Gasteiger partial charge in [-0.3, -0.25) is 5.32 Å². The first kappa shape index (κ1) is 21.7. The number of aromatic hydroxyl groups is 1. The number of benzene rings is 3. The molecule has 158 valence electrons. The van der Waals surface area contributed by atoms with Gasteiger partial charge in [0.1, 0.15) is 17.6 Å². The number of carbonyl (C=O) groups is 1. The molecule has 7 nitrogen and oxygen atoms in total. The van der Waals surface area contributed by atoms with Gasteiger partial charge in [-0.15, -0.1) is 0 Å². The minimum Gasteiger partial charge on any atom is -0.508 e. The van der Waals surface area contributed by atoms with E-state index in [1.807, 2.05) is 24.3 Å². The van der Waals surface area contributed by atoms with Crippen molar-refractivity contribution >= 4 is 11.8 Å². The molecule has 0 saturated carbocycles. The monoisotopic (exact) mass is 418 g/mol. The number of carbonyl (C=O) groups excluding carboxylic acids is 1. The standard InChI is InChI=1S/C24H22N2O5/c25-16-17-6-10-19(11-7-17)26-24(29)31-23(18-8-12-20(28)13-9-18)22(14-15-27)30-21-4-2-1-3-5-21/h1-13,22-23,27-28H,14-15H2,(H,26,29)/t22-,23-/m1/s1. The molecular weight excluding hydrogens is 396 g/mol. The molecule has 0 aliphatic carbocycles. The van der Waals surface area contributed by atoms with Crippen molar-refractivity contribution in [1.29, 1.82) is 5.26 Å². The van der Waals surface area contributed by atoms with Crippen molar-refractivity contribution < 1.29 is 24.5 Å². The van der Waals surface area contributed by atoms with E-state index >= 15 is 0 Å². The molecule has 0 aliphatic heterocycles. The van der Waals surface area contributed by atoms with Gasteiger partial charge >= 0.3 is 6.09 Å². The van der Waals surface area contributed by atoms with Gasteiger partial charge in [-0.1, -0.05) is 30.3 Å². The van der Waals surface area contributed by atoms with E-state index in [1.54, 1.807) is 48.5 Å². The highest BCUT2D eigenvalue weighted by Crippen LogP contribution is 2.29. The highest BCUT2D eigenvalue weighted by molar-refractivity contribution is 5.84. The van der Waals surface area contributed by atoms with E-state index in [9.17, 15) is 15.0 Å². The number of para-hydroxylation sites is 1. The Hall–Kier alpha value is -4.02. The van der Waals surface area contributed by atoms with Crippen LogP contribution in [0.5, 0.6) is 11.5 Å². The van der Waals surface area contributed by atoms with Gasteiger partial charge < -0.3 is 19.7 Å². The third-order valence-corrected chi connectivity index (χ3v) is 4.50. The second-order valence-corrected chi connectivity index (χ2v) is 6.71. The minimum atomic E-state index is -0.855. The van der Waals surface area contributed by atoms with Crippen molar-refractivity contribution in [2.45, 2.75) is 18.6 Å². The molecule has 31 heavy (non-hydrogen) atoms. The maximum Gasteiger partial charge on any atom is 0.412 e. The molecule has 2 atom stereocenters. The van der Waals surface area contributed by atoms with E-state index in [0.717, 1.165) is 0 Å². The van der Waals surface area contributed by atoms with Crippen LogP contribution in [0, 0.1) is 11.3 Å². The van der Waals surface area contributed by atoms with Gasteiger partial charge in [-0.2, -0.15) is 5.26 Å². The van der Waals surface area contributed by atoms with Gasteiger partial charge in [-0.05, 0) is 54.1 Å². The first-order valence-electron chi connectivity index (χ1n) is 9.68. The third-order valence-electron chi connectivity index (χ3n) is 4.50. The summed E-state index contributed by atoms with van der Waals surface area (Å²) >= 11 is 0. The number of amides is 1. The predicted octanol–water partition coefficient (Wildman–Crippen LogP) is 4.38. The number of hydrogen-bond acceptors (Lipinski definition) is 6. The van der Waals surface area contributed by atoms with Gasteiger partial charge in [0.25, 0.3) is 0 Å². The van der Waals surface area contributed by atoms with Crippen LogP contribution in [0.4, 0.5) is 10.5 Å². The van der Waals surface area contributed by atoms with Gasteiger partial charge in [0.15, 0.2) is 6.10 Å². The lowest BCUT2D eigenvalue weighted by Crippen LogP contribution is -2.31. The SMILES string of the molecule is N#Cc1ccc(NC(=O)O[C@H](c2ccc(O)cc2)[C@@H](CCO)Oc2ccccc2)cc1. The van der Waals surface area contributed by atoms with E-state index in [4.69, 9.17) is 14.7 Å². The molecule has 3 aromatic carbocycles.